The number of rotatable bonds is 25. The number of carbonyl (C=O) groups is 4. The molecule has 46 heavy (non-hydrogen) atoms. The number of hydrogen-bond acceptors (Lipinski definition) is 12. The van der Waals surface area contributed by atoms with Crippen LogP contribution in [0.1, 0.15) is 137 Å². The van der Waals surface area contributed by atoms with Crippen molar-refractivity contribution in [3.63, 3.8) is 0 Å². The molecule has 1 aliphatic rings. The van der Waals surface area contributed by atoms with Crippen molar-refractivity contribution in [2.24, 2.45) is 0 Å². The summed E-state index contributed by atoms with van der Waals surface area (Å²) in [5, 5.41) is 29.8. The van der Waals surface area contributed by atoms with Crippen molar-refractivity contribution in [3.05, 3.63) is 0 Å². The first-order chi connectivity index (χ1) is 22.0. The first-order valence-electron chi connectivity index (χ1n) is 17.4. The maximum atomic E-state index is 13.1. The van der Waals surface area contributed by atoms with Gasteiger partial charge in [-0.25, -0.2) is 0 Å². The van der Waals surface area contributed by atoms with Crippen LogP contribution in [-0.4, -0.2) is 95.1 Å². The third-order valence-corrected chi connectivity index (χ3v) is 8.06. The van der Waals surface area contributed by atoms with E-state index in [4.69, 9.17) is 23.7 Å². The van der Waals surface area contributed by atoms with Crippen molar-refractivity contribution in [3.8, 4) is 0 Å². The van der Waals surface area contributed by atoms with Gasteiger partial charge in [-0.2, -0.15) is 0 Å². The molecule has 1 heterocycles. The zero-order valence-corrected chi connectivity index (χ0v) is 28.5. The second-order valence-corrected chi connectivity index (χ2v) is 12.3. The molecule has 1 aliphatic heterocycles. The van der Waals surface area contributed by atoms with Crippen LogP contribution in [-0.2, 0) is 42.9 Å². The third kappa shape index (κ3) is 17.6. The lowest BCUT2D eigenvalue weighted by Crippen LogP contribution is -2.63. The van der Waals surface area contributed by atoms with E-state index in [1.807, 2.05) is 0 Å². The number of esters is 4. The highest BCUT2D eigenvalue weighted by molar-refractivity contribution is 5.71. The first kappa shape index (κ1) is 41.7. The molecule has 1 rings (SSSR count). The molecule has 1 saturated heterocycles. The fraction of sp³-hybridized carbons (Fsp3) is 0.882. The molecule has 0 unspecified atom stereocenters. The number of hydrogen-bond donors (Lipinski definition) is 3. The topological polar surface area (TPSA) is 175 Å². The SMILES string of the molecule is CCCCCCCCCCCCCCCC(=O)O[C@@H]1[C@@H](OC(C)=O)[C@H](COC(C)=O)O[C@H](C[C@@H](O)[C@@H](O)CO)[C@@H]1OC(=O)CCC. The zero-order valence-electron chi connectivity index (χ0n) is 28.5. The summed E-state index contributed by atoms with van der Waals surface area (Å²) in [6.45, 7) is 5.22. The van der Waals surface area contributed by atoms with Crippen LogP contribution in [0.15, 0.2) is 0 Å². The Hall–Kier alpha value is -2.28. The highest BCUT2D eigenvalue weighted by atomic mass is 16.7. The average Bonchev–Trinajstić information content (AvgIpc) is 3.00. The molecule has 0 aromatic rings. The molecule has 3 N–H and O–H groups in total. The van der Waals surface area contributed by atoms with E-state index >= 15 is 0 Å². The summed E-state index contributed by atoms with van der Waals surface area (Å²) >= 11 is 0. The Morgan fingerprint density at radius 3 is 1.61 bits per heavy atom. The molecule has 268 valence electrons. The van der Waals surface area contributed by atoms with Crippen molar-refractivity contribution < 1.29 is 58.2 Å². The maximum Gasteiger partial charge on any atom is 0.306 e. The number of ether oxygens (including phenoxy) is 5. The van der Waals surface area contributed by atoms with Crippen LogP contribution in [0.25, 0.3) is 0 Å². The number of aliphatic hydroxyl groups excluding tert-OH is 3. The summed E-state index contributed by atoms with van der Waals surface area (Å²) in [7, 11) is 0. The van der Waals surface area contributed by atoms with Gasteiger partial charge in [-0.3, -0.25) is 19.2 Å². The van der Waals surface area contributed by atoms with Crippen LogP contribution in [0.5, 0.6) is 0 Å². The molecule has 12 nitrogen and oxygen atoms in total. The van der Waals surface area contributed by atoms with E-state index in [0.717, 1.165) is 32.6 Å². The van der Waals surface area contributed by atoms with Crippen molar-refractivity contribution in [2.75, 3.05) is 13.2 Å². The van der Waals surface area contributed by atoms with Crippen LogP contribution in [0.2, 0.25) is 0 Å². The van der Waals surface area contributed by atoms with Gasteiger partial charge in [-0.05, 0) is 12.8 Å². The lowest BCUT2D eigenvalue weighted by atomic mass is 9.90. The van der Waals surface area contributed by atoms with Crippen LogP contribution in [0.3, 0.4) is 0 Å². The average molecular weight is 661 g/mol. The quantitative estimate of drug-likeness (QED) is 0.0714. The Balaban J connectivity index is 2.91. The zero-order chi connectivity index (χ0) is 34.3. The molecule has 0 bridgehead atoms. The van der Waals surface area contributed by atoms with Gasteiger partial charge in [0.1, 0.15) is 24.9 Å². The van der Waals surface area contributed by atoms with Gasteiger partial charge in [-0.15, -0.1) is 0 Å². The number of carbonyl (C=O) groups excluding carboxylic acids is 4. The van der Waals surface area contributed by atoms with Crippen LogP contribution >= 0.6 is 0 Å². The molecule has 0 aliphatic carbocycles. The van der Waals surface area contributed by atoms with E-state index < -0.39 is 73.2 Å². The van der Waals surface area contributed by atoms with Crippen LogP contribution in [0.4, 0.5) is 0 Å². The summed E-state index contributed by atoms with van der Waals surface area (Å²) in [6, 6.07) is 0. The minimum atomic E-state index is -1.52. The molecule has 0 saturated carbocycles. The van der Waals surface area contributed by atoms with Gasteiger partial charge in [-0.1, -0.05) is 90.9 Å². The molecule has 0 aromatic heterocycles. The summed E-state index contributed by atoms with van der Waals surface area (Å²) in [4.78, 5) is 49.5. The van der Waals surface area contributed by atoms with Crippen molar-refractivity contribution >= 4 is 23.9 Å². The molecule has 0 radical (unpaired) electrons. The van der Waals surface area contributed by atoms with E-state index in [1.54, 1.807) is 6.92 Å². The monoisotopic (exact) mass is 660 g/mol. The Morgan fingerprint density at radius 2 is 1.11 bits per heavy atom. The minimum absolute atomic E-state index is 0.0414. The van der Waals surface area contributed by atoms with Gasteiger partial charge in [0.2, 0.25) is 0 Å². The van der Waals surface area contributed by atoms with Gasteiger partial charge < -0.3 is 39.0 Å². The van der Waals surface area contributed by atoms with Gasteiger partial charge in [0.05, 0.1) is 12.7 Å². The summed E-state index contributed by atoms with van der Waals surface area (Å²) in [5.41, 5.74) is 0. The fourth-order valence-electron chi connectivity index (χ4n) is 5.55. The molecule has 0 aromatic carbocycles. The Kier molecular flexibility index (Phi) is 22.5. The summed E-state index contributed by atoms with van der Waals surface area (Å²) in [5.74, 6) is -2.59. The lowest BCUT2D eigenvalue weighted by Gasteiger charge is -2.45. The van der Waals surface area contributed by atoms with Gasteiger partial charge in [0.15, 0.2) is 18.3 Å². The van der Waals surface area contributed by atoms with E-state index in [9.17, 15) is 34.5 Å². The largest absolute Gasteiger partial charge is 0.463 e. The summed E-state index contributed by atoms with van der Waals surface area (Å²) < 4.78 is 28.2. The van der Waals surface area contributed by atoms with E-state index in [-0.39, 0.29) is 25.9 Å². The van der Waals surface area contributed by atoms with Gasteiger partial charge in [0.25, 0.3) is 0 Å². The van der Waals surface area contributed by atoms with Gasteiger partial charge in [0, 0.05) is 33.1 Å². The van der Waals surface area contributed by atoms with Crippen LogP contribution < -0.4 is 0 Å². The second kappa shape index (κ2) is 24.8. The Morgan fingerprint density at radius 1 is 0.609 bits per heavy atom. The molecule has 12 heteroatoms. The summed E-state index contributed by atoms with van der Waals surface area (Å²) in [6.07, 6.45) is 5.93. The minimum Gasteiger partial charge on any atom is -0.463 e. The van der Waals surface area contributed by atoms with E-state index in [2.05, 4.69) is 6.92 Å². The van der Waals surface area contributed by atoms with Crippen molar-refractivity contribution in [2.45, 2.75) is 180 Å². The predicted octanol–water partition coefficient (Wildman–Crippen LogP) is 4.46. The molecular formula is C34H60O12. The normalized spacial score (nSPS) is 22.5. The van der Waals surface area contributed by atoms with Crippen molar-refractivity contribution in [1.29, 1.82) is 0 Å². The molecule has 1 fully saturated rings. The predicted molar refractivity (Wildman–Crippen MR) is 170 cm³/mol. The molecular weight excluding hydrogens is 600 g/mol. The smallest absolute Gasteiger partial charge is 0.306 e. The molecule has 0 amide bonds. The Bertz CT molecular complexity index is 865. The fourth-order valence-corrected chi connectivity index (χ4v) is 5.55. The molecule has 0 spiro atoms. The number of unbranched alkanes of at least 4 members (excludes halogenated alkanes) is 12. The standard InChI is InChI=1S/C34H60O12/c1-5-7-8-9-10-11-12-13-14-15-16-17-18-20-31(41)46-34-32(45-30(40)19-6-2)28(21-26(38)27(39)22-35)44-29(23-42-24(3)36)33(34)43-25(4)37/h26-29,32-35,38-39H,5-23H2,1-4H3/t26-,27+,28-,29+,32+,33+,34+/m1/s1. The lowest BCUT2D eigenvalue weighted by molar-refractivity contribution is -0.258. The van der Waals surface area contributed by atoms with E-state index in [1.165, 1.54) is 58.3 Å². The van der Waals surface area contributed by atoms with Crippen molar-refractivity contribution in [1.82, 2.24) is 0 Å². The van der Waals surface area contributed by atoms with E-state index in [0.29, 0.717) is 12.8 Å². The Labute approximate surface area is 274 Å². The molecule has 7 atom stereocenters. The van der Waals surface area contributed by atoms with Crippen LogP contribution in [0, 0.1) is 0 Å². The van der Waals surface area contributed by atoms with Gasteiger partial charge >= 0.3 is 23.9 Å². The number of aliphatic hydroxyl groups is 3. The highest BCUT2D eigenvalue weighted by Crippen LogP contribution is 2.32. The first-order valence-corrected chi connectivity index (χ1v) is 17.4. The maximum absolute atomic E-state index is 13.1. The second-order valence-electron chi connectivity index (χ2n) is 12.3. The third-order valence-electron chi connectivity index (χ3n) is 8.06. The highest BCUT2D eigenvalue weighted by Gasteiger charge is 2.52.